The summed E-state index contributed by atoms with van der Waals surface area (Å²) < 4.78 is 8.07. The first-order chi connectivity index (χ1) is 15.4. The molecule has 0 atom stereocenters. The van der Waals surface area contributed by atoms with E-state index in [1.165, 1.54) is 11.3 Å². The maximum Gasteiger partial charge on any atom is 0.275 e. The Morgan fingerprint density at radius 1 is 1.00 bits per heavy atom. The Hall–Kier alpha value is -4.04. The van der Waals surface area contributed by atoms with Gasteiger partial charge in [-0.3, -0.25) is 19.7 Å². The molecule has 0 saturated heterocycles. The number of nitrogens with one attached hydrogen (secondary N) is 1. The minimum absolute atomic E-state index is 0.138. The molecule has 7 nitrogen and oxygen atoms in total. The largest absolute Gasteiger partial charge is 0.457 e. The fourth-order valence-electron chi connectivity index (χ4n) is 4.00. The first kappa shape index (κ1) is 18.7. The van der Waals surface area contributed by atoms with Crippen LogP contribution in [0.1, 0.15) is 37.6 Å². The van der Waals surface area contributed by atoms with E-state index in [-0.39, 0.29) is 5.56 Å². The third-order valence-corrected chi connectivity index (χ3v) is 6.82. The van der Waals surface area contributed by atoms with Crippen molar-refractivity contribution < 1.29 is 14.0 Å². The van der Waals surface area contributed by atoms with Gasteiger partial charge in [-0.2, -0.15) is 0 Å². The van der Waals surface area contributed by atoms with Gasteiger partial charge in [0.2, 0.25) is 0 Å². The van der Waals surface area contributed by atoms with Gasteiger partial charge >= 0.3 is 0 Å². The third kappa shape index (κ3) is 2.59. The molecule has 1 aliphatic rings. The van der Waals surface area contributed by atoms with Gasteiger partial charge in [0, 0.05) is 11.6 Å². The summed E-state index contributed by atoms with van der Waals surface area (Å²) in [6, 6.07) is 12.4. The second kappa shape index (κ2) is 6.48. The number of benzene rings is 2. The second-order valence-electron chi connectivity index (χ2n) is 7.77. The normalized spacial score (nSPS) is 14.0. The van der Waals surface area contributed by atoms with Crippen molar-refractivity contribution in [3.05, 3.63) is 85.4 Å². The molecule has 4 heterocycles. The average Bonchev–Trinajstić information content (AvgIpc) is 3.51. The first-order valence-electron chi connectivity index (χ1n) is 9.93. The summed E-state index contributed by atoms with van der Waals surface area (Å²) in [7, 11) is 0. The predicted octanol–water partition coefficient (Wildman–Crippen LogP) is 3.22. The van der Waals surface area contributed by atoms with Gasteiger partial charge in [-0.15, -0.1) is 0 Å². The molecule has 3 aromatic heterocycles. The summed E-state index contributed by atoms with van der Waals surface area (Å²) in [5.41, 5.74) is 5.08. The van der Waals surface area contributed by atoms with Gasteiger partial charge in [0.05, 0.1) is 22.2 Å². The van der Waals surface area contributed by atoms with Crippen molar-refractivity contribution in [3.63, 3.8) is 0 Å². The van der Waals surface area contributed by atoms with E-state index in [2.05, 4.69) is 10.3 Å². The summed E-state index contributed by atoms with van der Waals surface area (Å²) in [6.45, 7) is 4.04. The Labute approximate surface area is 184 Å². The van der Waals surface area contributed by atoms with Crippen molar-refractivity contribution in [1.29, 1.82) is 0 Å². The lowest BCUT2D eigenvalue weighted by Crippen LogP contribution is -2.22. The quantitative estimate of drug-likeness (QED) is 0.425. The van der Waals surface area contributed by atoms with Crippen LogP contribution in [-0.4, -0.2) is 21.2 Å². The van der Waals surface area contributed by atoms with Crippen LogP contribution in [0.15, 0.2) is 51.7 Å². The van der Waals surface area contributed by atoms with E-state index < -0.39 is 11.8 Å². The Balaban J connectivity index is 1.43. The fraction of sp³-hybridized carbons (Fsp3) is 0.0833. The van der Waals surface area contributed by atoms with E-state index in [0.29, 0.717) is 37.7 Å². The van der Waals surface area contributed by atoms with Gasteiger partial charge < -0.3 is 4.42 Å². The van der Waals surface area contributed by atoms with Crippen LogP contribution in [0.25, 0.3) is 33.4 Å². The molecule has 0 fully saturated rings. The Kier molecular flexibility index (Phi) is 3.79. The van der Waals surface area contributed by atoms with Gasteiger partial charge in [0.25, 0.3) is 17.4 Å². The standard InChI is InChI=1S/C24H15N3O4S/c1-11-3-7-17-20(12(11)2)25-24-27(17)23(30)19(32-24)10-14-5-8-18(31-14)13-4-6-15-16(9-13)22(29)26-21(15)28/h3-10H,1-2H3,(H,26,28,29)/b19-10+. The molecule has 6 rings (SSSR count). The van der Waals surface area contributed by atoms with Crippen LogP contribution < -0.4 is 15.4 Å². The van der Waals surface area contributed by atoms with Crippen molar-refractivity contribution in [2.75, 3.05) is 0 Å². The van der Waals surface area contributed by atoms with Crippen molar-refractivity contribution in [2.24, 2.45) is 0 Å². The van der Waals surface area contributed by atoms with Gasteiger partial charge in [0.1, 0.15) is 16.1 Å². The van der Waals surface area contributed by atoms with Crippen LogP contribution in [0.5, 0.6) is 0 Å². The molecule has 0 radical (unpaired) electrons. The number of carbonyl (C=O) groups excluding carboxylic acids is 2. The van der Waals surface area contributed by atoms with Gasteiger partial charge in [0.15, 0.2) is 4.96 Å². The van der Waals surface area contributed by atoms with Crippen molar-refractivity contribution in [3.8, 4) is 11.3 Å². The van der Waals surface area contributed by atoms with Gasteiger partial charge in [-0.1, -0.05) is 23.5 Å². The maximum absolute atomic E-state index is 13.1. The van der Waals surface area contributed by atoms with Crippen molar-refractivity contribution >= 4 is 45.2 Å². The number of nitrogens with zero attached hydrogens (tertiary/aromatic N) is 2. The molecule has 2 aromatic carbocycles. The molecule has 32 heavy (non-hydrogen) atoms. The molecular formula is C24H15N3O4S. The SMILES string of the molecule is Cc1ccc2c(nc3s/c(=C/c4ccc(-c5ccc6c(c5)C(=O)NC6=O)o4)c(=O)n32)c1C. The van der Waals surface area contributed by atoms with E-state index in [0.717, 1.165) is 22.2 Å². The Morgan fingerprint density at radius 3 is 2.66 bits per heavy atom. The van der Waals surface area contributed by atoms with Crippen LogP contribution in [0.2, 0.25) is 0 Å². The highest BCUT2D eigenvalue weighted by Gasteiger charge is 2.27. The molecule has 156 valence electrons. The molecule has 8 heteroatoms. The molecular weight excluding hydrogens is 426 g/mol. The van der Waals surface area contributed by atoms with Crippen LogP contribution >= 0.6 is 11.3 Å². The minimum atomic E-state index is -0.416. The molecule has 0 saturated carbocycles. The number of hydrogen-bond donors (Lipinski definition) is 1. The number of rotatable bonds is 2. The van der Waals surface area contributed by atoms with E-state index in [1.54, 1.807) is 40.8 Å². The summed E-state index contributed by atoms with van der Waals surface area (Å²) >= 11 is 1.31. The summed E-state index contributed by atoms with van der Waals surface area (Å²) in [5, 5.41) is 2.28. The fourth-order valence-corrected chi connectivity index (χ4v) is 4.96. The monoisotopic (exact) mass is 441 g/mol. The number of fused-ring (bicyclic) bond motifs is 4. The number of amides is 2. The van der Waals surface area contributed by atoms with E-state index >= 15 is 0 Å². The van der Waals surface area contributed by atoms with Crippen LogP contribution in [-0.2, 0) is 0 Å². The molecule has 0 unspecified atom stereocenters. The van der Waals surface area contributed by atoms with Crippen molar-refractivity contribution in [2.45, 2.75) is 13.8 Å². The number of imidazole rings is 1. The summed E-state index contributed by atoms with van der Waals surface area (Å²) in [4.78, 5) is 42.0. The van der Waals surface area contributed by atoms with Gasteiger partial charge in [-0.05, 0) is 55.3 Å². The highest BCUT2D eigenvalue weighted by atomic mass is 32.1. The molecule has 5 aromatic rings. The minimum Gasteiger partial charge on any atom is -0.457 e. The zero-order valence-electron chi connectivity index (χ0n) is 17.1. The highest BCUT2D eigenvalue weighted by molar-refractivity contribution is 7.15. The molecule has 0 bridgehead atoms. The zero-order chi connectivity index (χ0) is 22.1. The number of thiazole rings is 1. The number of aryl methyl sites for hydroxylation is 2. The number of furan rings is 1. The zero-order valence-corrected chi connectivity index (χ0v) is 17.9. The Bertz CT molecular complexity index is 1740. The maximum atomic E-state index is 13.1. The second-order valence-corrected chi connectivity index (χ2v) is 8.78. The molecule has 2 amide bonds. The summed E-state index contributed by atoms with van der Waals surface area (Å²) in [5.74, 6) is 0.241. The summed E-state index contributed by atoms with van der Waals surface area (Å²) in [6.07, 6.45) is 1.70. The molecule has 1 aliphatic heterocycles. The number of imide groups is 1. The first-order valence-corrected chi connectivity index (χ1v) is 10.8. The van der Waals surface area contributed by atoms with Crippen molar-refractivity contribution in [1.82, 2.24) is 14.7 Å². The van der Waals surface area contributed by atoms with E-state index in [1.807, 2.05) is 26.0 Å². The smallest absolute Gasteiger partial charge is 0.275 e. The van der Waals surface area contributed by atoms with Crippen LogP contribution in [0.4, 0.5) is 0 Å². The number of aromatic nitrogens is 2. The average molecular weight is 441 g/mol. The highest BCUT2D eigenvalue weighted by Crippen LogP contribution is 2.27. The molecule has 0 aliphatic carbocycles. The Morgan fingerprint density at radius 2 is 1.81 bits per heavy atom. The molecule has 1 N–H and O–H groups in total. The van der Waals surface area contributed by atoms with Crippen LogP contribution in [0.3, 0.4) is 0 Å². The van der Waals surface area contributed by atoms with Gasteiger partial charge in [-0.25, -0.2) is 9.38 Å². The predicted molar refractivity (Wildman–Crippen MR) is 121 cm³/mol. The van der Waals surface area contributed by atoms with E-state index in [4.69, 9.17) is 4.42 Å². The number of carbonyl (C=O) groups is 2. The third-order valence-electron chi connectivity index (χ3n) is 5.86. The van der Waals surface area contributed by atoms with E-state index in [9.17, 15) is 14.4 Å². The van der Waals surface area contributed by atoms with Crippen LogP contribution in [0, 0.1) is 13.8 Å². The number of hydrogen-bond acceptors (Lipinski definition) is 6. The lowest BCUT2D eigenvalue weighted by atomic mass is 10.0. The topological polar surface area (TPSA) is 93.7 Å². The lowest BCUT2D eigenvalue weighted by Gasteiger charge is -1.99. The molecule has 0 spiro atoms. The lowest BCUT2D eigenvalue weighted by molar-refractivity contribution is 0.0879.